The SMILES string of the molecule is Cn1nc(Br)cc1C(=O)NO. The van der Waals surface area contributed by atoms with E-state index in [9.17, 15) is 4.79 Å². The largest absolute Gasteiger partial charge is 0.292 e. The van der Waals surface area contributed by atoms with Crippen LogP contribution in [0, 0.1) is 0 Å². The van der Waals surface area contributed by atoms with Crippen molar-refractivity contribution in [3.8, 4) is 0 Å². The van der Waals surface area contributed by atoms with Gasteiger partial charge in [-0.15, -0.1) is 0 Å². The summed E-state index contributed by atoms with van der Waals surface area (Å²) in [6, 6.07) is 1.51. The number of halogens is 1. The minimum atomic E-state index is -0.578. The second-order valence-electron chi connectivity index (χ2n) is 1.92. The summed E-state index contributed by atoms with van der Waals surface area (Å²) in [6.45, 7) is 0. The van der Waals surface area contributed by atoms with Gasteiger partial charge >= 0.3 is 0 Å². The minimum Gasteiger partial charge on any atom is -0.288 e. The molecular formula is C5H6BrN3O2. The number of amides is 1. The van der Waals surface area contributed by atoms with E-state index in [4.69, 9.17) is 5.21 Å². The number of nitrogens with one attached hydrogen (secondary N) is 1. The molecule has 0 saturated heterocycles. The van der Waals surface area contributed by atoms with Crippen molar-refractivity contribution in [3.05, 3.63) is 16.4 Å². The molecule has 0 aliphatic rings. The Bertz CT molecular complexity index is 283. The smallest absolute Gasteiger partial charge is 0.288 e. The molecule has 1 aromatic rings. The van der Waals surface area contributed by atoms with Crippen molar-refractivity contribution < 1.29 is 10.0 Å². The predicted molar refractivity (Wildman–Crippen MR) is 40.2 cm³/mol. The highest BCUT2D eigenvalue weighted by atomic mass is 79.9. The summed E-state index contributed by atoms with van der Waals surface area (Å²) in [4.78, 5) is 10.8. The Labute approximate surface area is 71.1 Å². The fourth-order valence-electron chi connectivity index (χ4n) is 0.702. The summed E-state index contributed by atoms with van der Waals surface area (Å²) in [5, 5.41) is 12.1. The molecule has 0 aliphatic carbocycles. The Balaban J connectivity index is 3.03. The number of aryl methyl sites for hydroxylation is 1. The number of carbonyl (C=O) groups is 1. The molecule has 2 N–H and O–H groups in total. The molecule has 60 valence electrons. The van der Waals surface area contributed by atoms with Crippen LogP contribution in [0.25, 0.3) is 0 Å². The zero-order valence-corrected chi connectivity index (χ0v) is 7.29. The molecule has 0 atom stereocenters. The van der Waals surface area contributed by atoms with Crippen molar-refractivity contribution >= 4 is 21.8 Å². The summed E-state index contributed by atoms with van der Waals surface area (Å²) in [7, 11) is 1.61. The highest BCUT2D eigenvalue weighted by Crippen LogP contribution is 2.08. The van der Waals surface area contributed by atoms with Gasteiger partial charge in [-0.3, -0.25) is 14.7 Å². The van der Waals surface area contributed by atoms with Gasteiger partial charge in [0.1, 0.15) is 10.3 Å². The van der Waals surface area contributed by atoms with Crippen molar-refractivity contribution in [2.45, 2.75) is 0 Å². The molecular weight excluding hydrogens is 214 g/mol. The second-order valence-corrected chi connectivity index (χ2v) is 2.73. The van der Waals surface area contributed by atoms with Gasteiger partial charge in [-0.05, 0) is 15.9 Å². The molecule has 0 aliphatic heterocycles. The van der Waals surface area contributed by atoms with E-state index >= 15 is 0 Å². The van der Waals surface area contributed by atoms with Crippen molar-refractivity contribution in [2.24, 2.45) is 7.05 Å². The number of carbonyl (C=O) groups excluding carboxylic acids is 1. The van der Waals surface area contributed by atoms with Gasteiger partial charge in [0.2, 0.25) is 0 Å². The summed E-state index contributed by atoms with van der Waals surface area (Å²) in [6.07, 6.45) is 0. The van der Waals surface area contributed by atoms with Crippen LogP contribution in [0.5, 0.6) is 0 Å². The molecule has 1 rings (SSSR count). The lowest BCUT2D eigenvalue weighted by atomic mass is 10.4. The molecule has 0 radical (unpaired) electrons. The molecule has 0 aromatic carbocycles. The van der Waals surface area contributed by atoms with Gasteiger partial charge in [0.05, 0.1) is 0 Å². The van der Waals surface area contributed by atoms with Crippen molar-refractivity contribution in [1.29, 1.82) is 0 Å². The topological polar surface area (TPSA) is 67.2 Å². The number of hydrogen-bond acceptors (Lipinski definition) is 3. The lowest BCUT2D eigenvalue weighted by Crippen LogP contribution is -2.21. The third-order valence-corrected chi connectivity index (χ3v) is 1.57. The summed E-state index contributed by atoms with van der Waals surface area (Å²) < 4.78 is 1.91. The monoisotopic (exact) mass is 219 g/mol. The van der Waals surface area contributed by atoms with Crippen LogP contribution in [0.2, 0.25) is 0 Å². The molecule has 0 fully saturated rings. The molecule has 1 heterocycles. The van der Waals surface area contributed by atoms with E-state index in [0.717, 1.165) is 0 Å². The van der Waals surface area contributed by atoms with E-state index in [1.807, 2.05) is 0 Å². The Morgan fingerprint density at radius 3 is 2.91 bits per heavy atom. The summed E-state index contributed by atoms with van der Waals surface area (Å²) in [5.74, 6) is -0.578. The van der Waals surface area contributed by atoms with E-state index in [2.05, 4.69) is 21.0 Å². The van der Waals surface area contributed by atoms with Gasteiger partial charge in [0, 0.05) is 13.1 Å². The number of hydroxylamine groups is 1. The lowest BCUT2D eigenvalue weighted by Gasteiger charge is -1.96. The van der Waals surface area contributed by atoms with E-state index in [0.29, 0.717) is 10.3 Å². The third-order valence-electron chi connectivity index (χ3n) is 1.18. The van der Waals surface area contributed by atoms with Crippen LogP contribution in [-0.4, -0.2) is 20.9 Å². The van der Waals surface area contributed by atoms with E-state index in [1.54, 1.807) is 7.05 Å². The van der Waals surface area contributed by atoms with Gasteiger partial charge < -0.3 is 0 Å². The molecule has 0 bridgehead atoms. The van der Waals surface area contributed by atoms with Crippen molar-refractivity contribution in [3.63, 3.8) is 0 Å². The summed E-state index contributed by atoms with van der Waals surface area (Å²) >= 11 is 3.09. The van der Waals surface area contributed by atoms with Crippen LogP contribution in [0.1, 0.15) is 10.5 Å². The zero-order chi connectivity index (χ0) is 8.43. The highest BCUT2D eigenvalue weighted by molar-refractivity contribution is 9.10. The maximum absolute atomic E-state index is 10.8. The maximum Gasteiger partial charge on any atom is 0.292 e. The van der Waals surface area contributed by atoms with E-state index in [-0.39, 0.29) is 0 Å². The third kappa shape index (κ3) is 1.58. The molecule has 1 aromatic heterocycles. The van der Waals surface area contributed by atoms with Crippen LogP contribution < -0.4 is 5.48 Å². The Morgan fingerprint density at radius 1 is 1.91 bits per heavy atom. The predicted octanol–water partition coefficient (Wildman–Crippen LogP) is 0.302. The standard InChI is InChI=1S/C5H6BrN3O2/c1-9-3(5(10)8-11)2-4(6)7-9/h2,11H,1H3,(H,8,10). The normalized spacial score (nSPS) is 9.73. The van der Waals surface area contributed by atoms with Crippen LogP contribution >= 0.6 is 15.9 Å². The fourth-order valence-corrected chi connectivity index (χ4v) is 1.16. The molecule has 11 heavy (non-hydrogen) atoms. The molecule has 6 heteroatoms. The van der Waals surface area contributed by atoms with Gasteiger partial charge in [0.15, 0.2) is 0 Å². The second kappa shape index (κ2) is 3.02. The Hall–Kier alpha value is -0.880. The Morgan fingerprint density at radius 2 is 2.55 bits per heavy atom. The fraction of sp³-hybridized carbons (Fsp3) is 0.200. The summed E-state index contributed by atoms with van der Waals surface area (Å²) in [5.41, 5.74) is 1.81. The van der Waals surface area contributed by atoms with E-state index in [1.165, 1.54) is 16.2 Å². The molecule has 0 unspecified atom stereocenters. The van der Waals surface area contributed by atoms with Crippen molar-refractivity contribution in [2.75, 3.05) is 0 Å². The van der Waals surface area contributed by atoms with Gasteiger partial charge in [-0.2, -0.15) is 5.10 Å². The van der Waals surface area contributed by atoms with Gasteiger partial charge in [-0.25, -0.2) is 5.48 Å². The maximum atomic E-state index is 10.8. The number of rotatable bonds is 1. The molecule has 0 spiro atoms. The van der Waals surface area contributed by atoms with Crippen LogP contribution in [0.15, 0.2) is 10.7 Å². The lowest BCUT2D eigenvalue weighted by molar-refractivity contribution is 0.0696. The van der Waals surface area contributed by atoms with Crippen LogP contribution in [-0.2, 0) is 7.05 Å². The Kier molecular flexibility index (Phi) is 2.25. The van der Waals surface area contributed by atoms with Crippen LogP contribution in [0.3, 0.4) is 0 Å². The first-order chi connectivity index (χ1) is 5.15. The first kappa shape index (κ1) is 8.22. The average Bonchev–Trinajstić information content (AvgIpc) is 2.28. The minimum absolute atomic E-state index is 0.291. The van der Waals surface area contributed by atoms with Gasteiger partial charge in [0.25, 0.3) is 5.91 Å². The van der Waals surface area contributed by atoms with Crippen molar-refractivity contribution in [1.82, 2.24) is 15.3 Å². The average molecular weight is 220 g/mol. The quantitative estimate of drug-likeness (QED) is 0.528. The first-order valence-corrected chi connectivity index (χ1v) is 3.58. The van der Waals surface area contributed by atoms with Crippen LogP contribution in [0.4, 0.5) is 0 Å². The molecule has 1 amide bonds. The first-order valence-electron chi connectivity index (χ1n) is 2.79. The number of hydrogen-bond donors (Lipinski definition) is 2. The number of nitrogens with zero attached hydrogens (tertiary/aromatic N) is 2. The molecule has 0 saturated carbocycles. The van der Waals surface area contributed by atoms with Gasteiger partial charge in [-0.1, -0.05) is 0 Å². The zero-order valence-electron chi connectivity index (χ0n) is 5.71. The molecule has 5 nitrogen and oxygen atoms in total. The van der Waals surface area contributed by atoms with E-state index < -0.39 is 5.91 Å². The highest BCUT2D eigenvalue weighted by Gasteiger charge is 2.10. The number of aromatic nitrogens is 2.